The summed E-state index contributed by atoms with van der Waals surface area (Å²) in [6.07, 6.45) is 2.74. The van der Waals surface area contributed by atoms with Gasteiger partial charge >= 0.3 is 0 Å². The third-order valence-electron chi connectivity index (χ3n) is 2.19. The minimum atomic E-state index is -0.0912. The topological polar surface area (TPSA) is 46.9 Å². The van der Waals surface area contributed by atoms with E-state index in [1.165, 1.54) is 0 Å². The maximum atomic E-state index is 11.6. The minimum absolute atomic E-state index is 0.0912. The van der Waals surface area contributed by atoms with Crippen molar-refractivity contribution in [1.82, 2.24) is 15.1 Å². The fourth-order valence-corrected chi connectivity index (χ4v) is 1.06. The first-order valence-corrected chi connectivity index (χ1v) is 5.01. The number of aryl methyl sites for hydroxylation is 1. The molecule has 1 amide bonds. The Morgan fingerprint density at radius 3 is 2.86 bits per heavy atom. The van der Waals surface area contributed by atoms with Crippen molar-refractivity contribution < 1.29 is 4.79 Å². The van der Waals surface area contributed by atoms with Crippen molar-refractivity contribution in [3.05, 3.63) is 18.0 Å². The number of aromatic nitrogens is 2. The molecule has 1 N–H and O–H groups in total. The van der Waals surface area contributed by atoms with Crippen molar-refractivity contribution in [2.24, 2.45) is 0 Å². The molecule has 14 heavy (non-hydrogen) atoms. The Morgan fingerprint density at radius 1 is 1.64 bits per heavy atom. The lowest BCUT2D eigenvalue weighted by atomic mass is 10.2. The van der Waals surface area contributed by atoms with E-state index >= 15 is 0 Å². The van der Waals surface area contributed by atoms with E-state index in [1.807, 2.05) is 27.0 Å². The van der Waals surface area contributed by atoms with Gasteiger partial charge in [-0.2, -0.15) is 5.10 Å². The van der Waals surface area contributed by atoms with Gasteiger partial charge in [0, 0.05) is 18.8 Å². The molecule has 1 heterocycles. The van der Waals surface area contributed by atoms with Gasteiger partial charge in [0.25, 0.3) is 5.91 Å². The molecule has 1 aromatic rings. The summed E-state index contributed by atoms with van der Waals surface area (Å²) in [4.78, 5) is 11.6. The Balaban J connectivity index is 2.60. The summed E-state index contributed by atoms with van der Waals surface area (Å²) in [6.45, 7) is 6.80. The van der Waals surface area contributed by atoms with Crippen LogP contribution < -0.4 is 5.32 Å². The predicted molar refractivity (Wildman–Crippen MR) is 55.1 cm³/mol. The maximum Gasteiger partial charge on any atom is 0.271 e. The molecule has 0 aliphatic heterocycles. The molecule has 1 rings (SSSR count). The highest BCUT2D eigenvalue weighted by Crippen LogP contribution is 1.97. The van der Waals surface area contributed by atoms with Crippen LogP contribution in [0.25, 0.3) is 0 Å². The van der Waals surface area contributed by atoms with Crippen LogP contribution in [0.1, 0.15) is 37.7 Å². The first kappa shape index (κ1) is 10.8. The number of amides is 1. The standard InChI is InChI=1S/C10H17N3O/c1-4-8(3)11-10(14)9-6-7-13(5-2)12-9/h6-8H,4-5H2,1-3H3,(H,11,14). The minimum Gasteiger partial charge on any atom is -0.348 e. The molecule has 78 valence electrons. The SMILES string of the molecule is CCC(C)NC(=O)c1ccn(CC)n1. The van der Waals surface area contributed by atoms with Crippen molar-refractivity contribution in [3.8, 4) is 0 Å². The lowest BCUT2D eigenvalue weighted by Crippen LogP contribution is -2.32. The first-order chi connectivity index (χ1) is 6.67. The summed E-state index contributed by atoms with van der Waals surface area (Å²) in [5, 5.41) is 6.99. The van der Waals surface area contributed by atoms with Crippen LogP contribution in [0.15, 0.2) is 12.3 Å². The third kappa shape index (κ3) is 2.58. The second kappa shape index (κ2) is 4.79. The van der Waals surface area contributed by atoms with Crippen LogP contribution in [-0.2, 0) is 6.54 Å². The molecule has 0 fully saturated rings. The predicted octanol–water partition coefficient (Wildman–Crippen LogP) is 1.43. The zero-order chi connectivity index (χ0) is 10.6. The van der Waals surface area contributed by atoms with Crippen LogP contribution in [0, 0.1) is 0 Å². The van der Waals surface area contributed by atoms with Crippen molar-refractivity contribution in [3.63, 3.8) is 0 Å². The number of rotatable bonds is 4. The Hall–Kier alpha value is -1.32. The van der Waals surface area contributed by atoms with E-state index in [2.05, 4.69) is 10.4 Å². The highest BCUT2D eigenvalue weighted by atomic mass is 16.2. The fraction of sp³-hybridized carbons (Fsp3) is 0.600. The first-order valence-electron chi connectivity index (χ1n) is 5.01. The van der Waals surface area contributed by atoms with Gasteiger partial charge in [0.05, 0.1) is 0 Å². The van der Waals surface area contributed by atoms with Gasteiger partial charge in [-0.3, -0.25) is 9.48 Å². The summed E-state index contributed by atoms with van der Waals surface area (Å²) >= 11 is 0. The molecule has 4 nitrogen and oxygen atoms in total. The summed E-state index contributed by atoms with van der Waals surface area (Å²) in [7, 11) is 0. The number of nitrogens with zero attached hydrogens (tertiary/aromatic N) is 2. The number of hydrogen-bond donors (Lipinski definition) is 1. The van der Waals surface area contributed by atoms with E-state index in [9.17, 15) is 4.79 Å². The van der Waals surface area contributed by atoms with Crippen LogP contribution in [0.3, 0.4) is 0 Å². The zero-order valence-electron chi connectivity index (χ0n) is 8.95. The van der Waals surface area contributed by atoms with Crippen molar-refractivity contribution in [2.45, 2.75) is 39.8 Å². The van der Waals surface area contributed by atoms with Crippen LogP contribution in [0.4, 0.5) is 0 Å². The number of carbonyl (C=O) groups excluding carboxylic acids is 1. The van der Waals surface area contributed by atoms with E-state index < -0.39 is 0 Å². The Morgan fingerprint density at radius 2 is 2.36 bits per heavy atom. The molecule has 1 aromatic heterocycles. The van der Waals surface area contributed by atoms with Crippen LogP contribution in [0.5, 0.6) is 0 Å². The van der Waals surface area contributed by atoms with Crippen molar-refractivity contribution >= 4 is 5.91 Å². The highest BCUT2D eigenvalue weighted by Gasteiger charge is 2.10. The molecule has 0 aliphatic carbocycles. The molecule has 0 saturated heterocycles. The van der Waals surface area contributed by atoms with Gasteiger partial charge in [-0.15, -0.1) is 0 Å². The van der Waals surface area contributed by atoms with Gasteiger partial charge in [0.1, 0.15) is 5.69 Å². The molecule has 0 saturated carbocycles. The summed E-state index contributed by atoms with van der Waals surface area (Å²) in [6, 6.07) is 1.94. The molecule has 0 spiro atoms. The lowest BCUT2D eigenvalue weighted by molar-refractivity contribution is 0.0933. The molecule has 1 unspecified atom stereocenters. The van der Waals surface area contributed by atoms with E-state index in [0.29, 0.717) is 5.69 Å². The fourth-order valence-electron chi connectivity index (χ4n) is 1.06. The second-order valence-corrected chi connectivity index (χ2v) is 3.34. The molecule has 0 aliphatic rings. The third-order valence-corrected chi connectivity index (χ3v) is 2.19. The molecular formula is C10H17N3O. The van der Waals surface area contributed by atoms with Gasteiger partial charge in [0.2, 0.25) is 0 Å². The normalized spacial score (nSPS) is 12.5. The zero-order valence-corrected chi connectivity index (χ0v) is 8.95. The number of carbonyl (C=O) groups is 1. The molecule has 1 atom stereocenters. The van der Waals surface area contributed by atoms with E-state index in [-0.39, 0.29) is 11.9 Å². The van der Waals surface area contributed by atoms with Gasteiger partial charge < -0.3 is 5.32 Å². The Labute approximate surface area is 84.3 Å². The Kier molecular flexibility index (Phi) is 3.68. The van der Waals surface area contributed by atoms with Crippen LogP contribution in [-0.4, -0.2) is 21.7 Å². The quantitative estimate of drug-likeness (QED) is 0.790. The lowest BCUT2D eigenvalue weighted by Gasteiger charge is -2.09. The average Bonchev–Trinajstić information content (AvgIpc) is 2.65. The Bertz CT molecular complexity index is 306. The molecule has 0 radical (unpaired) electrons. The van der Waals surface area contributed by atoms with Crippen LogP contribution in [0.2, 0.25) is 0 Å². The maximum absolute atomic E-state index is 11.6. The molecular weight excluding hydrogens is 178 g/mol. The number of hydrogen-bond acceptors (Lipinski definition) is 2. The highest BCUT2D eigenvalue weighted by molar-refractivity contribution is 5.92. The number of nitrogens with one attached hydrogen (secondary N) is 1. The van der Waals surface area contributed by atoms with Gasteiger partial charge in [-0.25, -0.2) is 0 Å². The summed E-state index contributed by atoms with van der Waals surface area (Å²) < 4.78 is 1.74. The summed E-state index contributed by atoms with van der Waals surface area (Å²) in [5.74, 6) is -0.0912. The largest absolute Gasteiger partial charge is 0.348 e. The van der Waals surface area contributed by atoms with Gasteiger partial charge in [0.15, 0.2) is 0 Å². The molecule has 0 bridgehead atoms. The van der Waals surface area contributed by atoms with Gasteiger partial charge in [-0.05, 0) is 26.3 Å². The monoisotopic (exact) mass is 195 g/mol. The van der Waals surface area contributed by atoms with Gasteiger partial charge in [-0.1, -0.05) is 6.92 Å². The smallest absolute Gasteiger partial charge is 0.271 e. The van der Waals surface area contributed by atoms with Crippen molar-refractivity contribution in [1.29, 1.82) is 0 Å². The van der Waals surface area contributed by atoms with E-state index in [4.69, 9.17) is 0 Å². The second-order valence-electron chi connectivity index (χ2n) is 3.34. The van der Waals surface area contributed by atoms with Crippen LogP contribution >= 0.6 is 0 Å². The molecule has 4 heteroatoms. The van der Waals surface area contributed by atoms with E-state index in [1.54, 1.807) is 10.7 Å². The van der Waals surface area contributed by atoms with E-state index in [0.717, 1.165) is 13.0 Å². The summed E-state index contributed by atoms with van der Waals surface area (Å²) in [5.41, 5.74) is 0.493. The molecule has 0 aromatic carbocycles. The van der Waals surface area contributed by atoms with Crippen molar-refractivity contribution in [2.75, 3.05) is 0 Å². The average molecular weight is 195 g/mol.